The topological polar surface area (TPSA) is 74.3 Å². The fourth-order valence-corrected chi connectivity index (χ4v) is 3.64. The summed E-state index contributed by atoms with van der Waals surface area (Å²) in [5, 5.41) is 0. The van der Waals surface area contributed by atoms with Gasteiger partial charge in [-0.3, -0.25) is 4.98 Å². The van der Waals surface area contributed by atoms with Crippen LogP contribution in [0.2, 0.25) is 0 Å². The summed E-state index contributed by atoms with van der Waals surface area (Å²) in [6.45, 7) is 0.645. The molecule has 2 N–H and O–H groups in total. The second-order valence-corrected chi connectivity index (χ2v) is 7.95. The van der Waals surface area contributed by atoms with Crippen molar-refractivity contribution in [1.29, 1.82) is 0 Å². The van der Waals surface area contributed by atoms with E-state index in [0.717, 1.165) is 23.5 Å². The van der Waals surface area contributed by atoms with Gasteiger partial charge in [0, 0.05) is 32.0 Å². The van der Waals surface area contributed by atoms with Crippen molar-refractivity contribution in [3.05, 3.63) is 53.9 Å². The van der Waals surface area contributed by atoms with Crippen LogP contribution in [0.15, 0.2) is 42.6 Å². The Morgan fingerprint density at radius 2 is 1.93 bits per heavy atom. The minimum atomic E-state index is -4.39. The lowest BCUT2D eigenvalue weighted by Crippen LogP contribution is -2.42. The number of halogens is 3. The number of alkyl halides is 3. The van der Waals surface area contributed by atoms with Crippen LogP contribution in [0.1, 0.15) is 11.3 Å². The fourth-order valence-electron chi connectivity index (χ4n) is 3.04. The van der Waals surface area contributed by atoms with Crippen molar-refractivity contribution in [3.8, 4) is 0 Å². The van der Waals surface area contributed by atoms with Crippen molar-refractivity contribution in [2.45, 2.75) is 12.6 Å². The lowest BCUT2D eigenvalue weighted by atomic mass is 9.95. The SMILES string of the molecule is CNS(=O)(=O)NCC1Cc2ncccc2N(c2ccc(C(F)(F)F)cc2)C1. The standard InChI is InChI=1S/C17H19F3N4O2S/c1-21-27(25,26)23-10-12-9-15-16(3-2-8-22-15)24(11-12)14-6-4-13(5-7-14)17(18,19)20/h2-8,12,21,23H,9-11H2,1H3. The molecule has 27 heavy (non-hydrogen) atoms. The van der Waals surface area contributed by atoms with E-state index in [-0.39, 0.29) is 12.5 Å². The van der Waals surface area contributed by atoms with Crippen LogP contribution in [0.3, 0.4) is 0 Å². The molecule has 0 aliphatic carbocycles. The number of nitrogens with zero attached hydrogens (tertiary/aromatic N) is 2. The molecule has 0 fully saturated rings. The second kappa shape index (κ2) is 7.45. The van der Waals surface area contributed by atoms with E-state index < -0.39 is 21.9 Å². The number of fused-ring (bicyclic) bond motifs is 1. The van der Waals surface area contributed by atoms with Crippen molar-refractivity contribution in [2.24, 2.45) is 5.92 Å². The maximum Gasteiger partial charge on any atom is 0.416 e. The van der Waals surface area contributed by atoms with Crippen LogP contribution in [0.5, 0.6) is 0 Å². The third-order valence-corrected chi connectivity index (χ3v) is 5.50. The molecule has 0 saturated heterocycles. The highest BCUT2D eigenvalue weighted by molar-refractivity contribution is 7.87. The number of aromatic nitrogens is 1. The molecule has 0 radical (unpaired) electrons. The zero-order valence-corrected chi connectivity index (χ0v) is 15.3. The molecule has 1 aromatic heterocycles. The van der Waals surface area contributed by atoms with Gasteiger partial charge >= 0.3 is 6.18 Å². The van der Waals surface area contributed by atoms with E-state index in [0.29, 0.717) is 18.7 Å². The van der Waals surface area contributed by atoms with Crippen molar-refractivity contribution in [3.63, 3.8) is 0 Å². The fraction of sp³-hybridized carbons (Fsp3) is 0.353. The molecule has 1 unspecified atom stereocenters. The molecule has 0 saturated carbocycles. The molecule has 1 atom stereocenters. The van der Waals surface area contributed by atoms with Crippen LogP contribution in [-0.2, 0) is 22.8 Å². The Morgan fingerprint density at radius 1 is 1.22 bits per heavy atom. The summed E-state index contributed by atoms with van der Waals surface area (Å²) in [7, 11) is -2.25. The van der Waals surface area contributed by atoms with Crippen molar-refractivity contribution in [1.82, 2.24) is 14.4 Å². The molecule has 1 aliphatic rings. The molecule has 1 aromatic carbocycles. The number of pyridine rings is 1. The van der Waals surface area contributed by atoms with Gasteiger partial charge in [-0.05, 0) is 48.7 Å². The summed E-state index contributed by atoms with van der Waals surface area (Å²) in [5.41, 5.74) is 1.47. The largest absolute Gasteiger partial charge is 0.416 e. The number of benzene rings is 1. The average Bonchev–Trinajstić information content (AvgIpc) is 2.65. The Hall–Kier alpha value is -2.17. The zero-order valence-electron chi connectivity index (χ0n) is 14.5. The Bertz CT molecular complexity index is 901. The van der Waals surface area contributed by atoms with Crippen LogP contribution < -0.4 is 14.3 Å². The third-order valence-electron chi connectivity index (χ3n) is 4.42. The lowest BCUT2D eigenvalue weighted by molar-refractivity contribution is -0.137. The molecular weight excluding hydrogens is 381 g/mol. The Morgan fingerprint density at radius 3 is 2.56 bits per heavy atom. The summed E-state index contributed by atoms with van der Waals surface area (Å²) in [5.74, 6) is -0.0854. The first-order valence-electron chi connectivity index (χ1n) is 8.26. The first kappa shape index (κ1) is 19.6. The summed E-state index contributed by atoms with van der Waals surface area (Å²) < 4.78 is 66.3. The minimum absolute atomic E-state index is 0.0854. The second-order valence-electron chi connectivity index (χ2n) is 6.25. The summed E-state index contributed by atoms with van der Waals surface area (Å²) >= 11 is 0. The minimum Gasteiger partial charge on any atom is -0.340 e. The Labute approximate surface area is 155 Å². The van der Waals surface area contributed by atoms with Crippen LogP contribution >= 0.6 is 0 Å². The first-order valence-corrected chi connectivity index (χ1v) is 9.75. The van der Waals surface area contributed by atoms with Gasteiger partial charge in [0.2, 0.25) is 0 Å². The highest BCUT2D eigenvalue weighted by Gasteiger charge is 2.31. The first-order chi connectivity index (χ1) is 12.7. The molecule has 1 aliphatic heterocycles. The van der Waals surface area contributed by atoms with Gasteiger partial charge in [-0.1, -0.05) is 0 Å². The van der Waals surface area contributed by atoms with Crippen LogP contribution in [0, 0.1) is 5.92 Å². The van der Waals surface area contributed by atoms with E-state index in [1.165, 1.54) is 19.2 Å². The highest BCUT2D eigenvalue weighted by Crippen LogP contribution is 2.36. The summed E-state index contributed by atoms with van der Waals surface area (Å²) in [6, 6.07) is 8.53. The average molecular weight is 400 g/mol. The molecule has 2 aromatic rings. The molecule has 2 heterocycles. The molecular formula is C17H19F3N4O2S. The smallest absolute Gasteiger partial charge is 0.340 e. The van der Waals surface area contributed by atoms with Crippen molar-refractivity contribution >= 4 is 21.6 Å². The normalized spacial score (nSPS) is 17.6. The van der Waals surface area contributed by atoms with Crippen molar-refractivity contribution in [2.75, 3.05) is 25.0 Å². The van der Waals surface area contributed by atoms with Gasteiger partial charge in [-0.2, -0.15) is 21.6 Å². The molecule has 3 rings (SSSR count). The zero-order chi connectivity index (χ0) is 19.7. The number of rotatable bonds is 5. The van der Waals surface area contributed by atoms with Gasteiger partial charge in [0.05, 0.1) is 16.9 Å². The van der Waals surface area contributed by atoms with Crippen LogP contribution in [0.25, 0.3) is 0 Å². The maximum atomic E-state index is 12.8. The monoisotopic (exact) mass is 400 g/mol. The number of hydrogen-bond donors (Lipinski definition) is 2. The third kappa shape index (κ3) is 4.57. The van der Waals surface area contributed by atoms with E-state index in [9.17, 15) is 21.6 Å². The highest BCUT2D eigenvalue weighted by atomic mass is 32.2. The van der Waals surface area contributed by atoms with E-state index in [1.54, 1.807) is 12.3 Å². The summed E-state index contributed by atoms with van der Waals surface area (Å²) in [4.78, 5) is 6.22. The van der Waals surface area contributed by atoms with Crippen LogP contribution in [0.4, 0.5) is 24.5 Å². The number of anilines is 2. The van der Waals surface area contributed by atoms with Gasteiger partial charge < -0.3 is 4.90 Å². The quantitative estimate of drug-likeness (QED) is 0.809. The van der Waals surface area contributed by atoms with Crippen molar-refractivity contribution < 1.29 is 21.6 Å². The molecule has 0 bridgehead atoms. The lowest BCUT2D eigenvalue weighted by Gasteiger charge is -2.35. The van der Waals surface area contributed by atoms with Gasteiger partial charge in [-0.25, -0.2) is 9.44 Å². The number of nitrogens with one attached hydrogen (secondary N) is 2. The van der Waals surface area contributed by atoms with E-state index >= 15 is 0 Å². The molecule has 146 valence electrons. The molecule has 10 heteroatoms. The molecule has 0 amide bonds. The van der Waals surface area contributed by atoms with Gasteiger partial charge in [0.1, 0.15) is 0 Å². The Balaban J connectivity index is 1.87. The van der Waals surface area contributed by atoms with Gasteiger partial charge in [-0.15, -0.1) is 0 Å². The maximum absolute atomic E-state index is 12.8. The van der Waals surface area contributed by atoms with Crippen LogP contribution in [-0.4, -0.2) is 33.5 Å². The predicted octanol–water partition coefficient (Wildman–Crippen LogP) is 2.46. The Kier molecular flexibility index (Phi) is 5.41. The number of hydrogen-bond acceptors (Lipinski definition) is 4. The van der Waals surface area contributed by atoms with E-state index in [1.807, 2.05) is 11.0 Å². The predicted molar refractivity (Wildman–Crippen MR) is 95.9 cm³/mol. The van der Waals surface area contributed by atoms with E-state index in [2.05, 4.69) is 14.4 Å². The van der Waals surface area contributed by atoms with E-state index in [4.69, 9.17) is 0 Å². The molecule has 6 nitrogen and oxygen atoms in total. The molecule has 0 spiro atoms. The van der Waals surface area contributed by atoms with Gasteiger partial charge in [0.15, 0.2) is 0 Å². The summed E-state index contributed by atoms with van der Waals surface area (Å²) in [6.07, 6.45) is -2.18. The van der Waals surface area contributed by atoms with Gasteiger partial charge in [0.25, 0.3) is 10.2 Å².